The highest BCUT2D eigenvalue weighted by Crippen LogP contribution is 2.39. The molecular weight excluding hydrogens is 539 g/mol. The van der Waals surface area contributed by atoms with E-state index in [1.54, 1.807) is 24.3 Å². The van der Waals surface area contributed by atoms with Gasteiger partial charge in [-0.25, -0.2) is 8.42 Å². The van der Waals surface area contributed by atoms with Crippen LogP contribution in [-0.2, 0) is 20.4 Å². The lowest BCUT2D eigenvalue weighted by molar-refractivity contribution is -0.258. The second-order valence-corrected chi connectivity index (χ2v) is 13.0. The largest absolute Gasteiger partial charge is 0.421 e. The first-order valence-corrected chi connectivity index (χ1v) is 14.7. The molecule has 1 aromatic rings. The standard InChI is InChI=1S/C26H32F3N3O4S2/c1-25(33,26(27,28)29)18-6-8-19(9-7-18)32-13-12-31(38(34,35)24-5-3-2-4-23(24)37)15-20(32)14-30-16-21-10-11-22(17-30)36-21/h2-3,5-9,20-22,33H,4,10-17H2,1H3/t20-,21?,22?,25+/m0/s1. The van der Waals surface area contributed by atoms with Crippen molar-refractivity contribution in [1.82, 2.24) is 9.21 Å². The molecule has 208 valence electrons. The minimum absolute atomic E-state index is 0.158. The number of piperazine rings is 1. The van der Waals surface area contributed by atoms with Crippen molar-refractivity contribution in [2.45, 2.75) is 56.2 Å². The molecule has 3 saturated heterocycles. The summed E-state index contributed by atoms with van der Waals surface area (Å²) in [6, 6.07) is 5.47. The number of morpholine rings is 1. The van der Waals surface area contributed by atoms with Gasteiger partial charge in [0, 0.05) is 56.2 Å². The number of likely N-dealkylation sites (tertiary alicyclic amines) is 1. The number of rotatable bonds is 6. The Kier molecular flexibility index (Phi) is 7.51. The van der Waals surface area contributed by atoms with Crippen LogP contribution in [0.15, 0.2) is 47.4 Å². The van der Waals surface area contributed by atoms with Gasteiger partial charge in [0.15, 0.2) is 5.60 Å². The molecule has 3 fully saturated rings. The van der Waals surface area contributed by atoms with Crippen LogP contribution in [0.5, 0.6) is 0 Å². The number of hydrogen-bond acceptors (Lipinski definition) is 7. The highest BCUT2D eigenvalue weighted by Gasteiger charge is 2.51. The van der Waals surface area contributed by atoms with Gasteiger partial charge in [-0.05, 0) is 43.5 Å². The molecule has 4 atom stereocenters. The Balaban J connectivity index is 1.40. The number of halogens is 3. The number of anilines is 1. The van der Waals surface area contributed by atoms with Crippen LogP contribution in [0.2, 0.25) is 0 Å². The third-order valence-electron chi connectivity index (χ3n) is 7.93. The fraction of sp³-hybridized carbons (Fsp3) is 0.577. The number of allylic oxidation sites excluding steroid dienone is 4. The van der Waals surface area contributed by atoms with Crippen molar-refractivity contribution in [2.24, 2.45) is 0 Å². The molecule has 0 saturated carbocycles. The van der Waals surface area contributed by atoms with Crippen LogP contribution in [0.1, 0.15) is 31.7 Å². The molecule has 0 aromatic heterocycles. The summed E-state index contributed by atoms with van der Waals surface area (Å²) in [5, 5.41) is 10.1. The quantitative estimate of drug-likeness (QED) is 0.525. The van der Waals surface area contributed by atoms with Crippen LogP contribution in [0, 0.1) is 0 Å². The first-order valence-electron chi connectivity index (χ1n) is 12.8. The van der Waals surface area contributed by atoms with Gasteiger partial charge in [0.2, 0.25) is 10.0 Å². The maximum absolute atomic E-state index is 13.5. The van der Waals surface area contributed by atoms with Crippen LogP contribution in [-0.4, -0.2) is 91.3 Å². The number of fused-ring (bicyclic) bond motifs is 2. The molecule has 3 heterocycles. The van der Waals surface area contributed by atoms with E-state index in [2.05, 4.69) is 9.80 Å². The number of sulfonamides is 1. The molecule has 1 aliphatic carbocycles. The average Bonchev–Trinajstić information content (AvgIpc) is 3.21. The number of nitrogens with zero attached hydrogens (tertiary/aromatic N) is 3. The van der Waals surface area contributed by atoms with E-state index in [4.69, 9.17) is 17.0 Å². The second-order valence-electron chi connectivity index (χ2n) is 10.6. The maximum Gasteiger partial charge on any atom is 0.421 e. The normalized spacial score (nSPS) is 28.9. The maximum atomic E-state index is 13.5. The summed E-state index contributed by atoms with van der Waals surface area (Å²) in [4.78, 5) is 4.91. The van der Waals surface area contributed by atoms with Crippen molar-refractivity contribution in [3.63, 3.8) is 0 Å². The van der Waals surface area contributed by atoms with Crippen LogP contribution in [0.3, 0.4) is 0 Å². The molecule has 7 nitrogen and oxygen atoms in total. The zero-order valence-electron chi connectivity index (χ0n) is 21.1. The lowest BCUT2D eigenvalue weighted by Crippen LogP contribution is -2.60. The smallest absolute Gasteiger partial charge is 0.376 e. The summed E-state index contributed by atoms with van der Waals surface area (Å²) in [7, 11) is -3.79. The van der Waals surface area contributed by atoms with Gasteiger partial charge >= 0.3 is 6.18 Å². The lowest BCUT2D eigenvalue weighted by atomic mass is 9.95. The van der Waals surface area contributed by atoms with Crippen molar-refractivity contribution in [3.8, 4) is 0 Å². The summed E-state index contributed by atoms with van der Waals surface area (Å²) >= 11 is 5.35. The van der Waals surface area contributed by atoms with Gasteiger partial charge in [-0.1, -0.05) is 36.5 Å². The van der Waals surface area contributed by atoms with Crippen molar-refractivity contribution < 1.29 is 31.4 Å². The number of alkyl halides is 3. The number of hydrogen-bond donors (Lipinski definition) is 1. The molecule has 0 spiro atoms. The average molecular weight is 572 g/mol. The highest BCUT2D eigenvalue weighted by atomic mass is 32.2. The van der Waals surface area contributed by atoms with Crippen molar-refractivity contribution >= 4 is 32.8 Å². The fourth-order valence-electron chi connectivity index (χ4n) is 5.72. The molecule has 0 amide bonds. The monoisotopic (exact) mass is 571 g/mol. The number of ether oxygens (including phenoxy) is 1. The zero-order valence-corrected chi connectivity index (χ0v) is 22.7. The highest BCUT2D eigenvalue weighted by molar-refractivity contribution is 7.96. The summed E-state index contributed by atoms with van der Waals surface area (Å²) in [5.74, 6) is 0. The summed E-state index contributed by atoms with van der Waals surface area (Å²) in [6.07, 6.45) is 3.05. The first kappa shape index (κ1) is 27.7. The molecule has 5 rings (SSSR count). The SMILES string of the molecule is C[C@@](O)(c1ccc(N2CCN(S(=O)(=O)C3=CC=CCC3=S)C[C@@H]2CN2CC3CCC(C2)O3)cc1)C(F)(F)F. The predicted molar refractivity (Wildman–Crippen MR) is 142 cm³/mol. The van der Waals surface area contributed by atoms with E-state index in [9.17, 15) is 26.7 Å². The zero-order chi connectivity index (χ0) is 27.3. The van der Waals surface area contributed by atoms with Gasteiger partial charge in [-0.15, -0.1) is 0 Å². The number of benzene rings is 1. The van der Waals surface area contributed by atoms with Gasteiger partial charge in [-0.3, -0.25) is 4.90 Å². The van der Waals surface area contributed by atoms with Crippen LogP contribution in [0.25, 0.3) is 0 Å². The van der Waals surface area contributed by atoms with Crippen molar-refractivity contribution in [2.75, 3.05) is 44.2 Å². The third-order valence-corrected chi connectivity index (χ3v) is 10.4. The number of thiocarbonyl (C=S) groups is 1. The fourth-order valence-corrected chi connectivity index (χ4v) is 7.79. The van der Waals surface area contributed by atoms with E-state index < -0.39 is 21.8 Å². The van der Waals surface area contributed by atoms with Crippen molar-refractivity contribution in [1.29, 1.82) is 0 Å². The lowest BCUT2D eigenvalue weighted by Gasteiger charge is -2.45. The van der Waals surface area contributed by atoms with Gasteiger partial charge < -0.3 is 14.7 Å². The van der Waals surface area contributed by atoms with Gasteiger partial charge in [0.1, 0.15) is 0 Å². The molecule has 0 radical (unpaired) electrons. The molecule has 2 bridgehead atoms. The van der Waals surface area contributed by atoms with E-state index in [1.165, 1.54) is 16.4 Å². The Morgan fingerprint density at radius 2 is 1.74 bits per heavy atom. The first-order chi connectivity index (χ1) is 17.9. The Bertz CT molecular complexity index is 1220. The predicted octanol–water partition coefficient (Wildman–Crippen LogP) is 3.35. The molecule has 12 heteroatoms. The molecule has 1 aromatic carbocycles. The van der Waals surface area contributed by atoms with E-state index >= 15 is 0 Å². The molecule has 4 aliphatic rings. The Morgan fingerprint density at radius 1 is 1.08 bits per heavy atom. The van der Waals surface area contributed by atoms with Gasteiger partial charge in [0.25, 0.3) is 0 Å². The van der Waals surface area contributed by atoms with Crippen LogP contribution >= 0.6 is 12.2 Å². The second kappa shape index (κ2) is 10.3. The minimum Gasteiger partial charge on any atom is -0.376 e. The van der Waals surface area contributed by atoms with E-state index in [0.29, 0.717) is 30.1 Å². The van der Waals surface area contributed by atoms with Crippen LogP contribution in [0.4, 0.5) is 18.9 Å². The minimum atomic E-state index is -4.81. The molecule has 2 unspecified atom stereocenters. The Morgan fingerprint density at radius 3 is 2.34 bits per heavy atom. The Hall–Kier alpha value is -1.83. The van der Waals surface area contributed by atoms with Gasteiger partial charge in [0.05, 0.1) is 23.2 Å². The summed E-state index contributed by atoms with van der Waals surface area (Å²) < 4.78 is 74.6. The molecule has 1 N–H and O–H groups in total. The topological polar surface area (TPSA) is 73.3 Å². The van der Waals surface area contributed by atoms with Gasteiger partial charge in [-0.2, -0.15) is 17.5 Å². The summed E-state index contributed by atoms with van der Waals surface area (Å²) in [6.45, 7) is 3.67. The molecule has 38 heavy (non-hydrogen) atoms. The van der Waals surface area contributed by atoms with Crippen LogP contribution < -0.4 is 4.90 Å². The molecular formula is C26H32F3N3O4S2. The van der Waals surface area contributed by atoms with E-state index in [0.717, 1.165) is 32.9 Å². The van der Waals surface area contributed by atoms with Crippen molar-refractivity contribution in [3.05, 3.63) is 53.0 Å². The van der Waals surface area contributed by atoms with E-state index in [-0.39, 0.29) is 41.8 Å². The third kappa shape index (κ3) is 5.31. The summed E-state index contributed by atoms with van der Waals surface area (Å²) in [5.41, 5.74) is -2.53. The Labute approximate surface area is 226 Å². The van der Waals surface area contributed by atoms with E-state index in [1.807, 2.05) is 6.08 Å². The number of aliphatic hydroxyl groups is 1. The molecule has 3 aliphatic heterocycles.